The molecule has 25 heavy (non-hydrogen) atoms. The van der Waals surface area contributed by atoms with Gasteiger partial charge in [0, 0.05) is 51.6 Å². The Morgan fingerprint density at radius 1 is 1.28 bits per heavy atom. The molecule has 3 aromatic heterocycles. The van der Waals surface area contributed by atoms with E-state index in [2.05, 4.69) is 57.8 Å². The van der Waals surface area contributed by atoms with Gasteiger partial charge in [-0.2, -0.15) is 0 Å². The van der Waals surface area contributed by atoms with Crippen molar-refractivity contribution in [1.29, 1.82) is 0 Å². The monoisotopic (exact) mass is 339 g/mol. The Hall–Kier alpha value is -2.18. The lowest BCUT2D eigenvalue weighted by Gasteiger charge is -2.30. The minimum atomic E-state index is 0.218. The van der Waals surface area contributed by atoms with Crippen molar-refractivity contribution >= 4 is 5.65 Å². The number of hydrogen-bond donors (Lipinski definition) is 1. The molecule has 3 aromatic rings. The van der Waals surface area contributed by atoms with E-state index in [1.54, 1.807) is 0 Å². The Morgan fingerprint density at radius 2 is 2.12 bits per heavy atom. The topological polar surface area (TPSA) is 56.4 Å². The average molecular weight is 339 g/mol. The van der Waals surface area contributed by atoms with Gasteiger partial charge in [-0.3, -0.25) is 0 Å². The maximum atomic E-state index is 5.54. The number of aromatic nitrogens is 4. The van der Waals surface area contributed by atoms with E-state index in [1.807, 2.05) is 12.4 Å². The van der Waals surface area contributed by atoms with Gasteiger partial charge in [-0.25, -0.2) is 9.97 Å². The highest BCUT2D eigenvalue weighted by Gasteiger charge is 2.28. The number of pyridine rings is 1. The van der Waals surface area contributed by atoms with E-state index in [0.717, 1.165) is 49.8 Å². The lowest BCUT2D eigenvalue weighted by molar-refractivity contribution is 0.0517. The fourth-order valence-electron chi connectivity index (χ4n) is 3.65. The maximum Gasteiger partial charge on any atom is 0.137 e. The zero-order valence-corrected chi connectivity index (χ0v) is 14.9. The third-order valence-electron chi connectivity index (χ3n) is 5.03. The van der Waals surface area contributed by atoms with Crippen LogP contribution in [0.2, 0.25) is 0 Å². The molecule has 0 saturated carbocycles. The molecule has 1 unspecified atom stereocenters. The Balaban J connectivity index is 1.54. The van der Waals surface area contributed by atoms with E-state index in [4.69, 9.17) is 9.72 Å². The molecule has 1 aliphatic rings. The van der Waals surface area contributed by atoms with Crippen LogP contribution in [0, 0.1) is 12.8 Å². The predicted molar refractivity (Wildman–Crippen MR) is 96.3 cm³/mol. The van der Waals surface area contributed by atoms with Crippen molar-refractivity contribution in [3.8, 4) is 0 Å². The first kappa shape index (κ1) is 16.3. The van der Waals surface area contributed by atoms with Gasteiger partial charge in [-0.05, 0) is 37.3 Å². The molecule has 1 fully saturated rings. The van der Waals surface area contributed by atoms with E-state index in [1.165, 1.54) is 5.56 Å². The number of fused-ring (bicyclic) bond motifs is 1. The van der Waals surface area contributed by atoms with Gasteiger partial charge in [0.05, 0.1) is 11.7 Å². The summed E-state index contributed by atoms with van der Waals surface area (Å²) in [6.45, 7) is 4.50. The summed E-state index contributed by atoms with van der Waals surface area (Å²) in [5.74, 6) is 1.63. The summed E-state index contributed by atoms with van der Waals surface area (Å²) in [5, 5.41) is 3.71. The molecule has 1 atom stereocenters. The molecule has 0 radical (unpaired) electrons. The highest BCUT2D eigenvalue weighted by atomic mass is 16.5. The molecule has 0 aliphatic carbocycles. The molecule has 1 saturated heterocycles. The van der Waals surface area contributed by atoms with Gasteiger partial charge in [-0.15, -0.1) is 0 Å². The largest absolute Gasteiger partial charge is 0.381 e. The van der Waals surface area contributed by atoms with Crippen molar-refractivity contribution < 1.29 is 4.74 Å². The van der Waals surface area contributed by atoms with Crippen LogP contribution in [0.4, 0.5) is 0 Å². The minimum Gasteiger partial charge on any atom is -0.381 e. The second-order valence-corrected chi connectivity index (χ2v) is 6.91. The van der Waals surface area contributed by atoms with Crippen LogP contribution in [-0.2, 0) is 18.3 Å². The van der Waals surface area contributed by atoms with E-state index in [9.17, 15) is 0 Å². The quantitative estimate of drug-likeness (QED) is 0.776. The van der Waals surface area contributed by atoms with Crippen LogP contribution < -0.4 is 5.32 Å². The van der Waals surface area contributed by atoms with Gasteiger partial charge < -0.3 is 19.0 Å². The molecule has 132 valence electrons. The lowest BCUT2D eigenvalue weighted by Crippen LogP contribution is -2.33. The average Bonchev–Trinajstić information content (AvgIpc) is 3.22. The molecule has 1 N–H and O–H groups in total. The van der Waals surface area contributed by atoms with Crippen molar-refractivity contribution in [3.63, 3.8) is 0 Å². The number of aryl methyl sites for hydroxylation is 2. The molecular formula is C19H25N5O. The van der Waals surface area contributed by atoms with Gasteiger partial charge in [0.1, 0.15) is 11.5 Å². The summed E-state index contributed by atoms with van der Waals surface area (Å²) in [6, 6.07) is 4.38. The highest BCUT2D eigenvalue weighted by Crippen LogP contribution is 2.29. The van der Waals surface area contributed by atoms with Crippen LogP contribution in [0.1, 0.15) is 36.0 Å². The van der Waals surface area contributed by atoms with Crippen molar-refractivity contribution in [2.24, 2.45) is 13.0 Å². The van der Waals surface area contributed by atoms with Crippen LogP contribution in [-0.4, -0.2) is 32.1 Å². The molecule has 6 nitrogen and oxygen atoms in total. The fraction of sp³-hybridized carbons (Fsp3) is 0.474. The third kappa shape index (κ3) is 3.45. The molecule has 6 heteroatoms. The van der Waals surface area contributed by atoms with Crippen molar-refractivity contribution in [2.45, 2.75) is 32.4 Å². The maximum absolute atomic E-state index is 5.54. The number of ether oxygens (including phenoxy) is 1. The SMILES string of the molecule is Cc1ccc2nc(CNC(c3nccn3C)C3CCOCC3)cn2c1. The van der Waals surface area contributed by atoms with Crippen molar-refractivity contribution in [2.75, 3.05) is 13.2 Å². The van der Waals surface area contributed by atoms with E-state index in [-0.39, 0.29) is 6.04 Å². The van der Waals surface area contributed by atoms with Crippen molar-refractivity contribution in [3.05, 3.63) is 54.0 Å². The number of rotatable bonds is 5. The zero-order chi connectivity index (χ0) is 17.2. The summed E-state index contributed by atoms with van der Waals surface area (Å²) in [4.78, 5) is 9.32. The second kappa shape index (κ2) is 6.98. The Kier molecular flexibility index (Phi) is 4.55. The fourth-order valence-corrected chi connectivity index (χ4v) is 3.65. The predicted octanol–water partition coefficient (Wildman–Crippen LogP) is 2.63. The van der Waals surface area contributed by atoms with E-state index >= 15 is 0 Å². The standard InChI is InChI=1S/C19H25N5O/c1-14-3-4-17-22-16(13-24(17)12-14)11-21-18(15-5-9-25-10-6-15)19-20-7-8-23(19)2/h3-4,7-8,12-13,15,18,21H,5-6,9-11H2,1-2H3. The normalized spacial score (nSPS) is 17.2. The molecule has 0 bridgehead atoms. The van der Waals surface area contributed by atoms with E-state index in [0.29, 0.717) is 5.92 Å². The van der Waals surface area contributed by atoms with Crippen LogP contribution in [0.25, 0.3) is 5.65 Å². The van der Waals surface area contributed by atoms with Gasteiger partial charge in [-0.1, -0.05) is 6.07 Å². The zero-order valence-electron chi connectivity index (χ0n) is 14.9. The second-order valence-electron chi connectivity index (χ2n) is 6.91. The van der Waals surface area contributed by atoms with Crippen LogP contribution in [0.5, 0.6) is 0 Å². The summed E-state index contributed by atoms with van der Waals surface area (Å²) >= 11 is 0. The first-order valence-corrected chi connectivity index (χ1v) is 8.93. The Bertz CT molecular complexity index is 846. The van der Waals surface area contributed by atoms with Gasteiger partial charge in [0.25, 0.3) is 0 Å². The Morgan fingerprint density at radius 3 is 2.88 bits per heavy atom. The summed E-state index contributed by atoms with van der Waals surface area (Å²) in [5.41, 5.74) is 3.27. The molecule has 4 rings (SSSR count). The van der Waals surface area contributed by atoms with Gasteiger partial charge in [0.2, 0.25) is 0 Å². The van der Waals surface area contributed by atoms with E-state index < -0.39 is 0 Å². The van der Waals surface area contributed by atoms with Crippen LogP contribution in [0.15, 0.2) is 36.9 Å². The summed E-state index contributed by atoms with van der Waals surface area (Å²) in [7, 11) is 2.06. The first-order valence-electron chi connectivity index (χ1n) is 8.93. The smallest absolute Gasteiger partial charge is 0.137 e. The lowest BCUT2D eigenvalue weighted by atomic mass is 9.91. The first-order chi connectivity index (χ1) is 12.2. The minimum absolute atomic E-state index is 0.218. The van der Waals surface area contributed by atoms with Gasteiger partial charge in [0.15, 0.2) is 0 Å². The van der Waals surface area contributed by atoms with Crippen LogP contribution >= 0.6 is 0 Å². The van der Waals surface area contributed by atoms with Gasteiger partial charge >= 0.3 is 0 Å². The summed E-state index contributed by atoms with van der Waals surface area (Å²) in [6.07, 6.45) is 10.2. The number of imidazole rings is 2. The molecule has 0 amide bonds. The Labute approximate surface area is 147 Å². The third-order valence-corrected chi connectivity index (χ3v) is 5.03. The van der Waals surface area contributed by atoms with Crippen LogP contribution in [0.3, 0.4) is 0 Å². The molecular weight excluding hydrogens is 314 g/mol. The van der Waals surface area contributed by atoms with Crippen molar-refractivity contribution in [1.82, 2.24) is 24.3 Å². The molecule has 0 aromatic carbocycles. The molecule has 1 aliphatic heterocycles. The number of nitrogens with zero attached hydrogens (tertiary/aromatic N) is 4. The molecule has 4 heterocycles. The summed E-state index contributed by atoms with van der Waals surface area (Å²) < 4.78 is 9.75. The highest BCUT2D eigenvalue weighted by molar-refractivity contribution is 5.41. The number of nitrogens with one attached hydrogen (secondary N) is 1. The molecule has 0 spiro atoms. The number of hydrogen-bond acceptors (Lipinski definition) is 4.